The number of carbonyl (C=O) groups excluding carboxylic acids is 2. The quantitative estimate of drug-likeness (QED) is 0.505. The molecule has 30 heavy (non-hydrogen) atoms. The van der Waals surface area contributed by atoms with E-state index in [1.54, 1.807) is 7.11 Å². The molecule has 0 aromatic heterocycles. The fourth-order valence-electron chi connectivity index (χ4n) is 3.69. The second-order valence-corrected chi connectivity index (χ2v) is 8.41. The van der Waals surface area contributed by atoms with E-state index in [0.717, 1.165) is 44.6 Å². The molecule has 0 spiro atoms. The molecule has 0 bridgehead atoms. The summed E-state index contributed by atoms with van der Waals surface area (Å²) in [5.74, 6) is 0.616. The molecular formula is C23H38N4O3. The molecule has 2 rings (SSSR count). The summed E-state index contributed by atoms with van der Waals surface area (Å²) in [5.41, 5.74) is 1.15. The molecule has 7 heteroatoms. The molecule has 0 aliphatic carbocycles. The van der Waals surface area contributed by atoms with Crippen molar-refractivity contribution in [3.05, 3.63) is 35.9 Å². The van der Waals surface area contributed by atoms with Gasteiger partial charge in [-0.15, -0.1) is 0 Å². The van der Waals surface area contributed by atoms with Crippen molar-refractivity contribution in [2.24, 2.45) is 5.92 Å². The Kier molecular flexibility index (Phi) is 10.8. The van der Waals surface area contributed by atoms with Gasteiger partial charge in [0.15, 0.2) is 0 Å². The van der Waals surface area contributed by atoms with E-state index >= 15 is 0 Å². The van der Waals surface area contributed by atoms with Crippen molar-refractivity contribution in [1.29, 1.82) is 0 Å². The zero-order valence-electron chi connectivity index (χ0n) is 18.7. The Labute approximate surface area is 181 Å². The van der Waals surface area contributed by atoms with Crippen LogP contribution in [0.25, 0.3) is 0 Å². The summed E-state index contributed by atoms with van der Waals surface area (Å²) in [6.07, 6.45) is 1.74. The van der Waals surface area contributed by atoms with Gasteiger partial charge >= 0.3 is 0 Å². The first kappa shape index (κ1) is 24.3. The van der Waals surface area contributed by atoms with Gasteiger partial charge in [-0.25, -0.2) is 0 Å². The highest BCUT2D eigenvalue weighted by Crippen LogP contribution is 2.21. The molecule has 1 atom stereocenters. The number of methoxy groups -OCH3 is 1. The summed E-state index contributed by atoms with van der Waals surface area (Å²) in [6.45, 7) is 9.66. The van der Waals surface area contributed by atoms with Gasteiger partial charge in [-0.1, -0.05) is 44.2 Å². The largest absolute Gasteiger partial charge is 0.385 e. The maximum atomic E-state index is 12.7. The van der Waals surface area contributed by atoms with Crippen LogP contribution in [0.1, 0.15) is 38.3 Å². The monoisotopic (exact) mass is 418 g/mol. The minimum Gasteiger partial charge on any atom is -0.385 e. The second-order valence-electron chi connectivity index (χ2n) is 8.41. The summed E-state index contributed by atoms with van der Waals surface area (Å²) in [6, 6.07) is 10.2. The number of rotatable bonds is 12. The molecule has 1 aliphatic heterocycles. The molecule has 0 saturated carbocycles. The first-order chi connectivity index (χ1) is 14.5. The van der Waals surface area contributed by atoms with Crippen LogP contribution in [0.3, 0.4) is 0 Å². The fraction of sp³-hybridized carbons (Fsp3) is 0.652. The van der Waals surface area contributed by atoms with Crippen LogP contribution >= 0.6 is 0 Å². The molecular weight excluding hydrogens is 380 g/mol. The lowest BCUT2D eigenvalue weighted by Crippen LogP contribution is -2.51. The number of nitrogens with zero attached hydrogens (tertiary/aromatic N) is 2. The van der Waals surface area contributed by atoms with E-state index in [4.69, 9.17) is 4.74 Å². The minimum atomic E-state index is 0.0433. The van der Waals surface area contributed by atoms with Gasteiger partial charge in [0.1, 0.15) is 0 Å². The molecule has 2 amide bonds. The highest BCUT2D eigenvalue weighted by atomic mass is 16.5. The second kappa shape index (κ2) is 13.4. The number of piperazine rings is 1. The lowest BCUT2D eigenvalue weighted by Gasteiger charge is -2.34. The zero-order chi connectivity index (χ0) is 21.8. The normalized spacial score (nSPS) is 16.4. The number of carbonyl (C=O) groups is 2. The standard InChI is InChI=1S/C23H38N4O3/c1-19(2)16-21(20-8-5-4-6-9-20)25-23(29)18-27-13-11-26(12-14-27)17-22(28)24-10-7-15-30-3/h4-6,8-9,19,21H,7,10-18H2,1-3H3,(H,24,28)(H,25,29). The van der Waals surface area contributed by atoms with Crippen molar-refractivity contribution < 1.29 is 14.3 Å². The molecule has 1 aromatic rings. The molecule has 1 aromatic carbocycles. The van der Waals surface area contributed by atoms with E-state index in [0.29, 0.717) is 32.2 Å². The summed E-state index contributed by atoms with van der Waals surface area (Å²) in [7, 11) is 1.66. The van der Waals surface area contributed by atoms with Gasteiger partial charge in [0.05, 0.1) is 19.1 Å². The number of amides is 2. The van der Waals surface area contributed by atoms with Gasteiger partial charge in [-0.2, -0.15) is 0 Å². The summed E-state index contributed by atoms with van der Waals surface area (Å²) in [4.78, 5) is 29.0. The van der Waals surface area contributed by atoms with Crippen LogP contribution in [0.2, 0.25) is 0 Å². The average molecular weight is 419 g/mol. The van der Waals surface area contributed by atoms with Crippen LogP contribution in [-0.2, 0) is 14.3 Å². The number of benzene rings is 1. The number of ether oxygens (including phenoxy) is 1. The van der Waals surface area contributed by atoms with Gasteiger partial charge < -0.3 is 15.4 Å². The van der Waals surface area contributed by atoms with Crippen molar-refractivity contribution in [3.8, 4) is 0 Å². The van der Waals surface area contributed by atoms with Gasteiger partial charge in [0.25, 0.3) is 0 Å². The summed E-state index contributed by atoms with van der Waals surface area (Å²) in [5, 5.41) is 6.14. The van der Waals surface area contributed by atoms with Crippen LogP contribution in [0, 0.1) is 5.92 Å². The third-order valence-corrected chi connectivity index (χ3v) is 5.29. The molecule has 2 N–H and O–H groups in total. The highest BCUT2D eigenvalue weighted by molar-refractivity contribution is 5.79. The minimum absolute atomic E-state index is 0.0433. The van der Waals surface area contributed by atoms with E-state index in [1.807, 2.05) is 18.2 Å². The van der Waals surface area contributed by atoms with Gasteiger partial charge in [-0.3, -0.25) is 19.4 Å². The van der Waals surface area contributed by atoms with Crippen molar-refractivity contribution in [2.75, 3.05) is 59.5 Å². The van der Waals surface area contributed by atoms with Crippen molar-refractivity contribution >= 4 is 11.8 Å². The van der Waals surface area contributed by atoms with E-state index in [9.17, 15) is 9.59 Å². The molecule has 1 saturated heterocycles. The lowest BCUT2D eigenvalue weighted by molar-refractivity contribution is -0.125. The van der Waals surface area contributed by atoms with E-state index in [2.05, 4.69) is 46.4 Å². The van der Waals surface area contributed by atoms with Crippen molar-refractivity contribution in [1.82, 2.24) is 20.4 Å². The smallest absolute Gasteiger partial charge is 0.234 e. The molecule has 1 heterocycles. The van der Waals surface area contributed by atoms with Crippen LogP contribution in [0.4, 0.5) is 0 Å². The predicted octanol–water partition coefficient (Wildman–Crippen LogP) is 1.66. The van der Waals surface area contributed by atoms with Gasteiger partial charge in [0, 0.05) is 46.4 Å². The SMILES string of the molecule is COCCCNC(=O)CN1CCN(CC(=O)NC(CC(C)C)c2ccccc2)CC1. The topological polar surface area (TPSA) is 73.9 Å². The predicted molar refractivity (Wildman–Crippen MR) is 119 cm³/mol. The lowest BCUT2D eigenvalue weighted by atomic mass is 9.97. The van der Waals surface area contributed by atoms with Crippen molar-refractivity contribution in [3.63, 3.8) is 0 Å². The van der Waals surface area contributed by atoms with Gasteiger partial charge in [-0.05, 0) is 24.3 Å². The third-order valence-electron chi connectivity index (χ3n) is 5.29. The Balaban J connectivity index is 1.72. The Morgan fingerprint density at radius 2 is 1.60 bits per heavy atom. The molecule has 0 radical (unpaired) electrons. The number of hydrogen-bond acceptors (Lipinski definition) is 5. The Morgan fingerprint density at radius 1 is 1.00 bits per heavy atom. The third kappa shape index (κ3) is 9.24. The number of hydrogen-bond donors (Lipinski definition) is 2. The summed E-state index contributed by atoms with van der Waals surface area (Å²) >= 11 is 0. The van der Waals surface area contributed by atoms with Crippen LogP contribution < -0.4 is 10.6 Å². The van der Waals surface area contributed by atoms with E-state index in [-0.39, 0.29) is 17.9 Å². The highest BCUT2D eigenvalue weighted by Gasteiger charge is 2.22. The van der Waals surface area contributed by atoms with Crippen LogP contribution in [0.5, 0.6) is 0 Å². The first-order valence-corrected chi connectivity index (χ1v) is 11.0. The summed E-state index contributed by atoms with van der Waals surface area (Å²) < 4.78 is 4.98. The molecule has 7 nitrogen and oxygen atoms in total. The van der Waals surface area contributed by atoms with Gasteiger partial charge in [0.2, 0.25) is 11.8 Å². The average Bonchev–Trinajstić information content (AvgIpc) is 2.72. The first-order valence-electron chi connectivity index (χ1n) is 11.0. The number of nitrogens with one attached hydrogen (secondary N) is 2. The van der Waals surface area contributed by atoms with E-state index < -0.39 is 0 Å². The maximum Gasteiger partial charge on any atom is 0.234 e. The zero-order valence-corrected chi connectivity index (χ0v) is 18.7. The Hall–Kier alpha value is -1.96. The molecule has 168 valence electrons. The molecule has 1 fully saturated rings. The molecule has 1 aliphatic rings. The maximum absolute atomic E-state index is 12.7. The van der Waals surface area contributed by atoms with E-state index in [1.165, 1.54) is 0 Å². The Bertz CT molecular complexity index is 631. The fourth-order valence-corrected chi connectivity index (χ4v) is 3.69. The van der Waals surface area contributed by atoms with Crippen molar-refractivity contribution in [2.45, 2.75) is 32.7 Å². The Morgan fingerprint density at radius 3 is 2.17 bits per heavy atom. The molecule has 1 unspecified atom stereocenters. The van der Waals surface area contributed by atoms with Crippen LogP contribution in [0.15, 0.2) is 30.3 Å². The van der Waals surface area contributed by atoms with Crippen LogP contribution in [-0.4, -0.2) is 81.1 Å².